The lowest BCUT2D eigenvalue weighted by Crippen LogP contribution is -2.56. The van der Waals surface area contributed by atoms with E-state index in [-0.39, 0.29) is 17.2 Å². The highest BCUT2D eigenvalue weighted by molar-refractivity contribution is 6.03. The number of carbonyl (C=O) groups is 2. The van der Waals surface area contributed by atoms with Crippen LogP contribution in [0.3, 0.4) is 0 Å². The Morgan fingerprint density at radius 1 is 1.02 bits per heavy atom. The SMILES string of the molecule is C[C@@H](c1c[nH]c2ccccc12)[C@@H](NC(O)N1CCC(c2ccccc2)CC1)C(=O)Nc1cc(CN(C)C)ccc1C(=O)O. The highest BCUT2D eigenvalue weighted by Crippen LogP contribution is 2.31. The fourth-order valence-corrected chi connectivity index (χ4v) is 6.12. The summed E-state index contributed by atoms with van der Waals surface area (Å²) in [5.74, 6) is -1.47. The maximum Gasteiger partial charge on any atom is 0.337 e. The first-order valence-electron chi connectivity index (χ1n) is 14.8. The molecule has 226 valence electrons. The topological polar surface area (TPSA) is 121 Å². The van der Waals surface area contributed by atoms with Gasteiger partial charge in [-0.3, -0.25) is 15.0 Å². The number of carboxylic acid groups (broad SMARTS) is 1. The van der Waals surface area contributed by atoms with Crippen molar-refractivity contribution in [3.8, 4) is 0 Å². The Kier molecular flexibility index (Phi) is 9.57. The number of likely N-dealkylation sites (tertiary alicyclic amines) is 1. The number of fused-ring (bicyclic) bond motifs is 1. The Morgan fingerprint density at radius 2 is 1.72 bits per heavy atom. The van der Waals surface area contributed by atoms with Crippen LogP contribution in [0, 0.1) is 0 Å². The number of aromatic amines is 1. The number of benzene rings is 3. The second kappa shape index (κ2) is 13.5. The quantitative estimate of drug-likeness (QED) is 0.161. The van der Waals surface area contributed by atoms with Gasteiger partial charge in [-0.05, 0) is 67.7 Å². The van der Waals surface area contributed by atoms with Gasteiger partial charge in [0.05, 0.1) is 17.3 Å². The van der Waals surface area contributed by atoms with E-state index in [1.165, 1.54) is 11.6 Å². The molecule has 0 radical (unpaired) electrons. The predicted molar refractivity (Wildman–Crippen MR) is 169 cm³/mol. The zero-order valence-electron chi connectivity index (χ0n) is 25.0. The van der Waals surface area contributed by atoms with Crippen LogP contribution in [0.25, 0.3) is 10.9 Å². The molecular weight excluding hydrogens is 542 g/mol. The first-order valence-corrected chi connectivity index (χ1v) is 14.8. The van der Waals surface area contributed by atoms with E-state index in [0.29, 0.717) is 25.6 Å². The van der Waals surface area contributed by atoms with Crippen molar-refractivity contribution in [1.82, 2.24) is 20.1 Å². The van der Waals surface area contributed by atoms with E-state index in [1.807, 2.05) is 67.3 Å². The molecule has 2 heterocycles. The predicted octanol–water partition coefficient (Wildman–Crippen LogP) is 4.78. The van der Waals surface area contributed by atoms with Gasteiger partial charge in [-0.25, -0.2) is 4.79 Å². The van der Waals surface area contributed by atoms with Crippen molar-refractivity contribution in [2.24, 2.45) is 0 Å². The highest BCUT2D eigenvalue weighted by atomic mass is 16.4. The molecule has 5 rings (SSSR count). The van der Waals surface area contributed by atoms with Crippen molar-refractivity contribution in [2.75, 3.05) is 32.5 Å². The molecule has 9 nitrogen and oxygen atoms in total. The third kappa shape index (κ3) is 7.14. The number of aliphatic hydroxyl groups excluding tert-OH is 1. The number of nitrogens with one attached hydrogen (secondary N) is 3. The van der Waals surface area contributed by atoms with Crippen molar-refractivity contribution in [3.05, 3.63) is 101 Å². The number of hydrogen-bond acceptors (Lipinski definition) is 6. The molecule has 1 unspecified atom stereocenters. The summed E-state index contributed by atoms with van der Waals surface area (Å²) in [6, 6.07) is 22.4. The number of carbonyl (C=O) groups excluding carboxylic acids is 1. The van der Waals surface area contributed by atoms with E-state index >= 15 is 0 Å². The van der Waals surface area contributed by atoms with E-state index in [2.05, 4.69) is 39.9 Å². The minimum Gasteiger partial charge on any atom is -0.478 e. The Balaban J connectivity index is 1.39. The molecule has 1 aromatic heterocycles. The first kappa shape index (κ1) is 30.4. The lowest BCUT2D eigenvalue weighted by Gasteiger charge is -2.37. The molecule has 1 aliphatic heterocycles. The van der Waals surface area contributed by atoms with Crippen LogP contribution in [-0.4, -0.2) is 76.5 Å². The Morgan fingerprint density at radius 3 is 2.42 bits per heavy atom. The van der Waals surface area contributed by atoms with Gasteiger partial charge in [0, 0.05) is 42.7 Å². The Labute approximate surface area is 252 Å². The number of aromatic nitrogens is 1. The molecule has 43 heavy (non-hydrogen) atoms. The van der Waals surface area contributed by atoms with Crippen molar-refractivity contribution >= 4 is 28.5 Å². The Bertz CT molecular complexity index is 1540. The number of carboxylic acids is 1. The summed E-state index contributed by atoms with van der Waals surface area (Å²) < 4.78 is 0. The Hall–Kier alpha value is -4.02. The molecule has 0 saturated carbocycles. The maximum atomic E-state index is 14.0. The van der Waals surface area contributed by atoms with Crippen molar-refractivity contribution in [1.29, 1.82) is 0 Å². The molecule has 3 aromatic carbocycles. The molecule has 1 saturated heterocycles. The average Bonchev–Trinajstić information content (AvgIpc) is 3.44. The van der Waals surface area contributed by atoms with Crippen molar-refractivity contribution in [3.63, 3.8) is 0 Å². The first-order chi connectivity index (χ1) is 20.7. The number of H-pyrrole nitrogens is 1. The van der Waals surface area contributed by atoms with Crippen LogP contribution in [-0.2, 0) is 11.3 Å². The minimum atomic E-state index is -1.12. The van der Waals surface area contributed by atoms with E-state index in [1.54, 1.807) is 12.1 Å². The monoisotopic (exact) mass is 583 g/mol. The molecule has 9 heteroatoms. The van der Waals surface area contributed by atoms with Crippen LogP contribution in [0.1, 0.15) is 58.6 Å². The number of rotatable bonds is 11. The summed E-state index contributed by atoms with van der Waals surface area (Å²) in [6.45, 7) is 3.90. The fraction of sp³-hybridized carbons (Fsp3) is 0.353. The summed E-state index contributed by atoms with van der Waals surface area (Å²) in [6.07, 6.45) is 2.64. The lowest BCUT2D eigenvalue weighted by molar-refractivity contribution is -0.122. The van der Waals surface area contributed by atoms with Gasteiger partial charge < -0.3 is 25.4 Å². The molecule has 1 amide bonds. The van der Waals surface area contributed by atoms with Crippen LogP contribution in [0.2, 0.25) is 0 Å². The van der Waals surface area contributed by atoms with Crippen LogP contribution < -0.4 is 10.6 Å². The number of amides is 1. The lowest BCUT2D eigenvalue weighted by atomic mass is 9.89. The molecule has 0 aliphatic carbocycles. The third-order valence-electron chi connectivity index (χ3n) is 8.44. The molecule has 0 bridgehead atoms. The van der Waals surface area contributed by atoms with Crippen LogP contribution >= 0.6 is 0 Å². The fourth-order valence-electron chi connectivity index (χ4n) is 6.12. The van der Waals surface area contributed by atoms with E-state index in [9.17, 15) is 19.8 Å². The number of aromatic carboxylic acids is 1. The molecular formula is C34H41N5O4. The van der Waals surface area contributed by atoms with E-state index in [0.717, 1.165) is 34.9 Å². The van der Waals surface area contributed by atoms with Crippen LogP contribution in [0.15, 0.2) is 79.0 Å². The number of anilines is 1. The van der Waals surface area contributed by atoms with Gasteiger partial charge in [-0.15, -0.1) is 0 Å². The number of piperidine rings is 1. The second-order valence-corrected chi connectivity index (χ2v) is 11.7. The third-order valence-corrected chi connectivity index (χ3v) is 8.44. The largest absolute Gasteiger partial charge is 0.478 e. The standard InChI is InChI=1S/C34H41N5O4/c1-22(28-20-35-29-12-8-7-11-26(28)29)31(32(40)36-30-19-23(21-38(2)3)13-14-27(30)33(41)42)37-34(43)39-17-15-25(16-18-39)24-9-5-4-6-10-24/h4-14,19-20,22,25,31,34-35,37,43H,15-18,21H2,1-3H3,(H,36,40)(H,41,42)/t22-,31+,34?/m0/s1. The van der Waals surface area contributed by atoms with Gasteiger partial charge in [0.15, 0.2) is 6.35 Å². The zero-order valence-corrected chi connectivity index (χ0v) is 25.0. The van der Waals surface area contributed by atoms with Gasteiger partial charge in [0.25, 0.3) is 0 Å². The summed E-state index contributed by atoms with van der Waals surface area (Å²) in [5.41, 5.74) is 4.31. The van der Waals surface area contributed by atoms with Gasteiger partial charge in [0.1, 0.15) is 0 Å². The van der Waals surface area contributed by atoms with Crippen LogP contribution in [0.4, 0.5) is 5.69 Å². The molecule has 1 aliphatic rings. The van der Waals surface area contributed by atoms with Gasteiger partial charge in [-0.2, -0.15) is 0 Å². The van der Waals surface area contributed by atoms with Gasteiger partial charge in [0.2, 0.25) is 5.91 Å². The number of para-hydroxylation sites is 1. The smallest absolute Gasteiger partial charge is 0.337 e. The number of hydrogen-bond donors (Lipinski definition) is 5. The van der Waals surface area contributed by atoms with E-state index in [4.69, 9.17) is 0 Å². The van der Waals surface area contributed by atoms with Crippen molar-refractivity contribution < 1.29 is 19.8 Å². The maximum absolute atomic E-state index is 14.0. The molecule has 3 atom stereocenters. The zero-order chi connectivity index (χ0) is 30.5. The summed E-state index contributed by atoms with van der Waals surface area (Å²) in [5, 5.41) is 28.3. The summed E-state index contributed by atoms with van der Waals surface area (Å²) in [7, 11) is 3.85. The van der Waals surface area contributed by atoms with E-state index < -0.39 is 24.3 Å². The molecule has 5 N–H and O–H groups in total. The van der Waals surface area contributed by atoms with Crippen LogP contribution in [0.5, 0.6) is 0 Å². The second-order valence-electron chi connectivity index (χ2n) is 11.7. The highest BCUT2D eigenvalue weighted by Gasteiger charge is 2.33. The summed E-state index contributed by atoms with van der Waals surface area (Å²) >= 11 is 0. The molecule has 0 spiro atoms. The average molecular weight is 584 g/mol. The normalized spacial score (nSPS) is 16.7. The molecule has 1 fully saturated rings. The van der Waals surface area contributed by atoms with Gasteiger partial charge >= 0.3 is 5.97 Å². The summed E-state index contributed by atoms with van der Waals surface area (Å²) in [4.78, 5) is 33.3. The minimum absolute atomic E-state index is 0.0119. The number of aliphatic hydroxyl groups is 1. The van der Waals surface area contributed by atoms with Gasteiger partial charge in [-0.1, -0.05) is 61.5 Å². The molecule has 4 aromatic rings. The van der Waals surface area contributed by atoms with Crippen molar-refractivity contribution in [2.45, 2.75) is 50.5 Å². The number of nitrogens with zero attached hydrogens (tertiary/aromatic N) is 2.